The highest BCUT2D eigenvalue weighted by atomic mass is 16.5. The lowest BCUT2D eigenvalue weighted by atomic mass is 10.0. The summed E-state index contributed by atoms with van der Waals surface area (Å²) in [6.07, 6.45) is 9.05. The molecule has 0 aromatic carbocycles. The molecule has 0 spiro atoms. The van der Waals surface area contributed by atoms with Gasteiger partial charge in [-0.2, -0.15) is 0 Å². The number of nitrogens with one attached hydrogen (secondary N) is 3. The molecule has 6 heterocycles. The lowest BCUT2D eigenvalue weighted by Gasteiger charge is -2.17. The van der Waals surface area contributed by atoms with E-state index in [1.165, 1.54) is 35.1 Å². The molecule has 0 radical (unpaired) electrons. The highest BCUT2D eigenvalue weighted by Gasteiger charge is 2.18. The highest BCUT2D eigenvalue weighted by Crippen LogP contribution is 2.28. The third-order valence-corrected chi connectivity index (χ3v) is 6.04. The summed E-state index contributed by atoms with van der Waals surface area (Å²) in [7, 11) is 0. The maximum Gasteiger partial charge on any atom is 0.263 e. The number of amides is 2. The van der Waals surface area contributed by atoms with E-state index >= 15 is 0 Å². The van der Waals surface area contributed by atoms with Gasteiger partial charge in [0.05, 0.1) is 0 Å². The number of aromatic nitrogens is 3. The second kappa shape index (κ2) is 13.3. The zero-order chi connectivity index (χ0) is 26.8. The van der Waals surface area contributed by atoms with Crippen LogP contribution in [0, 0.1) is 20.8 Å². The van der Waals surface area contributed by atoms with E-state index in [4.69, 9.17) is 4.74 Å². The Bertz CT molecular complexity index is 1180. The van der Waals surface area contributed by atoms with Crippen LogP contribution in [-0.2, 0) is 22.4 Å². The van der Waals surface area contributed by atoms with Gasteiger partial charge >= 0.3 is 0 Å². The van der Waals surface area contributed by atoms with Gasteiger partial charge in [0.15, 0.2) is 18.2 Å². The predicted molar refractivity (Wildman–Crippen MR) is 146 cm³/mol. The van der Waals surface area contributed by atoms with Gasteiger partial charge in [0.1, 0.15) is 11.6 Å². The van der Waals surface area contributed by atoms with Crippen molar-refractivity contribution in [1.29, 1.82) is 0 Å². The minimum atomic E-state index is -0.152. The Morgan fingerprint density at radius 1 is 0.703 bits per heavy atom. The third-order valence-electron chi connectivity index (χ3n) is 6.04. The summed E-state index contributed by atoms with van der Waals surface area (Å²) in [5.74, 6) is 2.95. The zero-order valence-electron chi connectivity index (χ0n) is 22.3. The van der Waals surface area contributed by atoms with Gasteiger partial charge in [0.25, 0.3) is 5.91 Å². The van der Waals surface area contributed by atoms with E-state index in [9.17, 15) is 9.59 Å². The van der Waals surface area contributed by atoms with Crippen LogP contribution in [0.4, 0.5) is 17.5 Å². The first-order chi connectivity index (χ1) is 17.9. The van der Waals surface area contributed by atoms with Crippen molar-refractivity contribution in [3.63, 3.8) is 0 Å². The van der Waals surface area contributed by atoms with Crippen LogP contribution in [0.15, 0.2) is 36.8 Å². The molecule has 0 aliphatic carbocycles. The van der Waals surface area contributed by atoms with Crippen LogP contribution in [0.3, 0.4) is 0 Å². The molecule has 9 heteroatoms. The van der Waals surface area contributed by atoms with Gasteiger partial charge in [0.2, 0.25) is 5.91 Å². The zero-order valence-corrected chi connectivity index (χ0v) is 22.3. The molecule has 3 N–H and O–H groups in total. The number of anilines is 3. The lowest BCUT2D eigenvalue weighted by Crippen LogP contribution is -2.26. The van der Waals surface area contributed by atoms with Gasteiger partial charge in [-0.25, -0.2) is 15.0 Å². The fourth-order valence-corrected chi connectivity index (χ4v) is 4.10. The maximum absolute atomic E-state index is 11.0. The molecule has 2 amide bonds. The number of rotatable bonds is 0. The van der Waals surface area contributed by atoms with Gasteiger partial charge in [0, 0.05) is 31.6 Å². The fraction of sp³-hybridized carbons (Fsp3) is 0.393. The average Bonchev–Trinajstić information content (AvgIpc) is 2.91. The Labute approximate surface area is 218 Å². The first-order valence-electron chi connectivity index (χ1n) is 12.7. The van der Waals surface area contributed by atoms with Crippen molar-refractivity contribution < 1.29 is 14.3 Å². The quantitative estimate of drug-likeness (QED) is 0.404. The minimum absolute atomic E-state index is 0.0700. The summed E-state index contributed by atoms with van der Waals surface area (Å²) in [5, 5.41) is 8.67. The van der Waals surface area contributed by atoms with Crippen molar-refractivity contribution in [3.05, 3.63) is 64.6 Å². The normalized spacial score (nSPS) is 14.4. The highest BCUT2D eigenvalue weighted by molar-refractivity contribution is 5.94. The largest absolute Gasteiger partial charge is 0.480 e. The summed E-state index contributed by atoms with van der Waals surface area (Å²) in [6, 6.07) is 5.89. The van der Waals surface area contributed by atoms with E-state index in [0.29, 0.717) is 18.0 Å². The molecule has 196 valence electrons. The molecule has 37 heavy (non-hydrogen) atoms. The minimum Gasteiger partial charge on any atom is -0.480 e. The number of nitrogens with zero attached hydrogens (tertiary/aromatic N) is 3. The van der Waals surface area contributed by atoms with Crippen LogP contribution in [0.1, 0.15) is 54.5 Å². The third kappa shape index (κ3) is 7.25. The van der Waals surface area contributed by atoms with E-state index in [2.05, 4.69) is 43.9 Å². The molecule has 9 nitrogen and oxygen atoms in total. The number of fused-ring (bicyclic) bond motifs is 3. The number of ether oxygens (including phenoxy) is 1. The van der Waals surface area contributed by atoms with E-state index < -0.39 is 0 Å². The molecule has 0 saturated carbocycles. The second-order valence-electron chi connectivity index (χ2n) is 8.63. The van der Waals surface area contributed by atoms with Crippen molar-refractivity contribution in [2.45, 2.75) is 60.3 Å². The number of aryl methyl sites for hydroxylation is 3. The molecule has 3 aromatic heterocycles. The van der Waals surface area contributed by atoms with Crippen LogP contribution >= 0.6 is 0 Å². The Balaban J connectivity index is 0.000000149. The maximum atomic E-state index is 11.0. The topological polar surface area (TPSA) is 118 Å². The van der Waals surface area contributed by atoms with Gasteiger partial charge in [-0.3, -0.25) is 9.59 Å². The molecule has 6 rings (SSSR count). The van der Waals surface area contributed by atoms with Gasteiger partial charge in [-0.1, -0.05) is 13.8 Å². The Morgan fingerprint density at radius 3 is 1.95 bits per heavy atom. The molecule has 3 aliphatic rings. The summed E-state index contributed by atoms with van der Waals surface area (Å²) in [5.41, 5.74) is 6.14. The number of hydrogen-bond acceptors (Lipinski definition) is 7. The predicted octanol–water partition coefficient (Wildman–Crippen LogP) is 4.77. The van der Waals surface area contributed by atoms with E-state index in [-0.39, 0.29) is 18.4 Å². The number of pyridine rings is 3. The lowest BCUT2D eigenvalue weighted by molar-refractivity contribution is -0.118. The van der Waals surface area contributed by atoms with Crippen LogP contribution in [0.25, 0.3) is 0 Å². The summed E-state index contributed by atoms with van der Waals surface area (Å²) in [6.45, 7) is 11.3. The van der Waals surface area contributed by atoms with Crippen molar-refractivity contribution >= 4 is 29.3 Å². The molecule has 3 aliphatic heterocycles. The van der Waals surface area contributed by atoms with E-state index in [1.807, 2.05) is 46.0 Å². The van der Waals surface area contributed by atoms with E-state index in [1.54, 1.807) is 12.4 Å². The standard InChI is InChI=1S/C9H10N2O.C9H12N2.C8H8N2O2.C2H6/c1-6-4-5-10-9-7(6)2-3-8(12)11-9;1-7-4-6-11-9-8(7)3-2-5-10-9;1-5-2-3-9-8-7(5)12-4-6(11)10-8;1-2/h4-5H,2-3H2,1H3,(H,10,11,12);4,6H,2-3,5H2,1H3,(H,10,11);2-3H,4H2,1H3,(H,9,10,11);1-2H3. The number of hydrogen-bond donors (Lipinski definition) is 3. The van der Waals surface area contributed by atoms with Gasteiger partial charge < -0.3 is 20.7 Å². The first kappa shape index (κ1) is 27.6. The summed E-state index contributed by atoms with van der Waals surface area (Å²) >= 11 is 0. The molecule has 3 aromatic rings. The average molecular weight is 505 g/mol. The SMILES string of the molecule is CC.Cc1ccnc2c1CCC(=O)N2.Cc1ccnc2c1CCCN2.Cc1ccnc2c1OCC(=O)N2. The molecule has 0 atom stereocenters. The molecule has 0 bridgehead atoms. The van der Waals surface area contributed by atoms with Crippen LogP contribution in [-0.4, -0.2) is 39.9 Å². The molecule has 0 saturated heterocycles. The van der Waals surface area contributed by atoms with Gasteiger partial charge in [-0.05, 0) is 86.1 Å². The second-order valence-corrected chi connectivity index (χ2v) is 8.63. The number of carbonyl (C=O) groups excluding carboxylic acids is 2. The summed E-state index contributed by atoms with van der Waals surface area (Å²) in [4.78, 5) is 34.2. The Morgan fingerprint density at radius 2 is 1.27 bits per heavy atom. The smallest absolute Gasteiger partial charge is 0.263 e. The first-order valence-corrected chi connectivity index (χ1v) is 12.7. The van der Waals surface area contributed by atoms with Gasteiger partial charge in [-0.15, -0.1) is 0 Å². The Hall–Kier alpha value is -4.01. The van der Waals surface area contributed by atoms with Crippen LogP contribution in [0.2, 0.25) is 0 Å². The molecule has 0 fully saturated rings. The summed E-state index contributed by atoms with van der Waals surface area (Å²) < 4.78 is 5.19. The van der Waals surface area contributed by atoms with Crippen LogP contribution in [0.5, 0.6) is 5.75 Å². The molecular formula is C28H36N6O3. The molecule has 0 unspecified atom stereocenters. The van der Waals surface area contributed by atoms with E-state index in [0.717, 1.165) is 30.2 Å². The fourth-order valence-electron chi connectivity index (χ4n) is 4.10. The van der Waals surface area contributed by atoms with Crippen LogP contribution < -0.4 is 20.7 Å². The van der Waals surface area contributed by atoms with Crippen molar-refractivity contribution in [2.24, 2.45) is 0 Å². The monoisotopic (exact) mass is 504 g/mol. The van der Waals surface area contributed by atoms with Crippen molar-refractivity contribution in [2.75, 3.05) is 29.1 Å². The van der Waals surface area contributed by atoms with Crippen molar-refractivity contribution in [3.8, 4) is 5.75 Å². The number of carbonyl (C=O) groups is 2. The Kier molecular flexibility index (Phi) is 9.94. The molecular weight excluding hydrogens is 468 g/mol. The van der Waals surface area contributed by atoms with Crippen molar-refractivity contribution in [1.82, 2.24) is 15.0 Å².